The number of nitrogens with zero attached hydrogens (tertiary/aromatic N) is 2. The van der Waals surface area contributed by atoms with Gasteiger partial charge in [-0.25, -0.2) is 4.39 Å². The lowest BCUT2D eigenvalue weighted by Crippen LogP contribution is -2.51. The molecule has 5 nitrogen and oxygen atoms in total. The number of rotatable bonds is 4. The van der Waals surface area contributed by atoms with Gasteiger partial charge in [-0.3, -0.25) is 4.79 Å². The van der Waals surface area contributed by atoms with Gasteiger partial charge in [0.05, 0.1) is 24.3 Å². The minimum atomic E-state index is -4.71. The van der Waals surface area contributed by atoms with E-state index in [4.69, 9.17) is 4.74 Å². The number of fused-ring (bicyclic) bond motifs is 4. The van der Waals surface area contributed by atoms with Gasteiger partial charge in [0.2, 0.25) is 0 Å². The number of carbonyl (C=O) groups is 1. The molecule has 9 heteroatoms. The Bertz CT molecular complexity index is 1430. The quantitative estimate of drug-likeness (QED) is 0.173. The number of benzene rings is 1. The second-order valence-corrected chi connectivity index (χ2v) is 12.9. The SMILES string of the molecule is CCC(=O)[C@@]1(C#CC(F)(F)F)CC[C@H]2[C@@H]3CC(F)C4=C/C(=N/O)CCC4=C3[C@@H](c3ccc(N4CCOCC4)cc3)C[C@@]21C. The fourth-order valence-corrected chi connectivity index (χ4v) is 9.00. The number of ether oxygens (including phenoxy) is 1. The summed E-state index contributed by atoms with van der Waals surface area (Å²) in [6.45, 7) is 6.53. The number of alkyl halides is 4. The summed E-state index contributed by atoms with van der Waals surface area (Å²) in [5, 5.41) is 12.8. The lowest BCUT2D eigenvalue weighted by atomic mass is 9.48. The van der Waals surface area contributed by atoms with Crippen LogP contribution in [-0.2, 0) is 9.53 Å². The molecule has 1 aromatic rings. The average molecular weight is 599 g/mol. The van der Waals surface area contributed by atoms with Crippen LogP contribution in [0.4, 0.5) is 23.2 Å². The van der Waals surface area contributed by atoms with Gasteiger partial charge in [0.15, 0.2) is 5.78 Å². The lowest BCUT2D eigenvalue weighted by Gasteiger charge is -2.55. The van der Waals surface area contributed by atoms with Crippen LogP contribution >= 0.6 is 0 Å². The van der Waals surface area contributed by atoms with Crippen molar-refractivity contribution in [3.05, 3.63) is 52.6 Å². The van der Waals surface area contributed by atoms with Crippen LogP contribution in [0.3, 0.4) is 0 Å². The molecule has 2 saturated carbocycles. The molecule has 0 spiro atoms. The number of hydrogen-bond donors (Lipinski definition) is 1. The van der Waals surface area contributed by atoms with Crippen molar-refractivity contribution < 1.29 is 32.3 Å². The first-order valence-electron chi connectivity index (χ1n) is 15.4. The highest BCUT2D eigenvalue weighted by molar-refractivity contribution is 5.97. The Morgan fingerprint density at radius 3 is 2.56 bits per heavy atom. The van der Waals surface area contributed by atoms with E-state index < -0.39 is 23.2 Å². The summed E-state index contributed by atoms with van der Waals surface area (Å²) in [5.41, 5.74) is 2.85. The van der Waals surface area contributed by atoms with Gasteiger partial charge in [0, 0.05) is 37.0 Å². The molecule has 0 aromatic heterocycles. The maximum atomic E-state index is 16.0. The number of anilines is 1. The van der Waals surface area contributed by atoms with Gasteiger partial charge in [-0.2, -0.15) is 13.2 Å². The molecular formula is C34H38F4N2O3. The summed E-state index contributed by atoms with van der Waals surface area (Å²) in [4.78, 5) is 15.9. The first-order chi connectivity index (χ1) is 20.5. The van der Waals surface area contributed by atoms with Gasteiger partial charge in [-0.05, 0) is 90.7 Å². The topological polar surface area (TPSA) is 62.1 Å². The number of allylic oxidation sites excluding steroid dienone is 4. The fraction of sp³-hybridized carbons (Fsp3) is 0.588. The van der Waals surface area contributed by atoms with E-state index in [1.54, 1.807) is 13.0 Å². The predicted octanol–water partition coefficient (Wildman–Crippen LogP) is 7.16. The Morgan fingerprint density at radius 1 is 1.19 bits per heavy atom. The summed E-state index contributed by atoms with van der Waals surface area (Å²) in [7, 11) is 0. The minimum Gasteiger partial charge on any atom is -0.411 e. The summed E-state index contributed by atoms with van der Waals surface area (Å²) in [6, 6.07) is 8.31. The molecule has 3 fully saturated rings. The van der Waals surface area contributed by atoms with Gasteiger partial charge in [0.25, 0.3) is 0 Å². The highest BCUT2D eigenvalue weighted by atomic mass is 19.4. The zero-order valence-corrected chi connectivity index (χ0v) is 24.6. The molecule has 230 valence electrons. The standard InChI is InChI=1S/C34H38F4N2O3/c1-3-30(41)33(12-13-34(36,37)38)11-10-28-26-19-29(35)25-18-22(39-42)6-9-24(25)31(26)27(20-32(28,33)2)21-4-7-23(8-5-21)40-14-16-43-17-15-40/h4-5,7-8,18,26-29,42H,3,6,9-11,14-17,19-20H2,1-2H3/b39-22+/t26-,27+,28-,29?,32-,33-/m0/s1. The third-order valence-electron chi connectivity index (χ3n) is 11.0. The van der Waals surface area contributed by atoms with Crippen molar-refractivity contribution in [2.45, 2.75) is 77.1 Å². The normalized spacial score (nSPS) is 35.0. The molecule has 1 unspecified atom stereocenters. The number of oxime groups is 1. The summed E-state index contributed by atoms with van der Waals surface area (Å²) in [6.07, 6.45) is -1.82. The van der Waals surface area contributed by atoms with Gasteiger partial charge >= 0.3 is 6.18 Å². The van der Waals surface area contributed by atoms with Crippen molar-refractivity contribution >= 4 is 17.2 Å². The van der Waals surface area contributed by atoms with E-state index in [0.29, 0.717) is 50.2 Å². The zero-order chi connectivity index (χ0) is 30.6. The fourth-order valence-electron chi connectivity index (χ4n) is 9.00. The molecule has 1 heterocycles. The second-order valence-electron chi connectivity index (χ2n) is 12.9. The van der Waals surface area contributed by atoms with Crippen molar-refractivity contribution in [1.82, 2.24) is 0 Å². The van der Waals surface area contributed by atoms with Crippen LogP contribution in [0.25, 0.3) is 0 Å². The number of hydrogen-bond acceptors (Lipinski definition) is 5. The van der Waals surface area contributed by atoms with E-state index in [-0.39, 0.29) is 42.8 Å². The largest absolute Gasteiger partial charge is 0.457 e. The molecule has 6 rings (SSSR count). The number of morpholine rings is 1. The van der Waals surface area contributed by atoms with Crippen LogP contribution in [-0.4, -0.2) is 55.4 Å². The number of Topliss-reactive ketones (excluding diaryl/α,β-unsaturated/α-hetero) is 1. The van der Waals surface area contributed by atoms with Crippen LogP contribution < -0.4 is 4.90 Å². The van der Waals surface area contributed by atoms with Crippen LogP contribution in [0.1, 0.15) is 70.3 Å². The Morgan fingerprint density at radius 2 is 1.91 bits per heavy atom. The van der Waals surface area contributed by atoms with E-state index in [0.717, 1.165) is 35.5 Å². The molecule has 1 saturated heterocycles. The van der Waals surface area contributed by atoms with Crippen molar-refractivity contribution in [2.75, 3.05) is 31.2 Å². The van der Waals surface area contributed by atoms with Crippen molar-refractivity contribution in [3.63, 3.8) is 0 Å². The van der Waals surface area contributed by atoms with E-state index in [9.17, 15) is 23.2 Å². The van der Waals surface area contributed by atoms with Crippen molar-refractivity contribution in [3.8, 4) is 11.8 Å². The first kappa shape index (κ1) is 29.9. The van der Waals surface area contributed by atoms with Crippen molar-refractivity contribution in [1.29, 1.82) is 0 Å². The van der Waals surface area contributed by atoms with E-state index in [2.05, 4.69) is 40.2 Å². The first-order valence-corrected chi connectivity index (χ1v) is 15.4. The lowest BCUT2D eigenvalue weighted by molar-refractivity contribution is -0.132. The van der Waals surface area contributed by atoms with Gasteiger partial charge in [-0.1, -0.05) is 42.6 Å². The summed E-state index contributed by atoms with van der Waals surface area (Å²) < 4.78 is 62.0. The molecular weight excluding hydrogens is 560 g/mol. The molecule has 0 bridgehead atoms. The molecule has 5 aliphatic rings. The Labute approximate surface area is 250 Å². The third-order valence-corrected chi connectivity index (χ3v) is 11.0. The average Bonchev–Trinajstić information content (AvgIpc) is 3.32. The molecule has 1 aromatic carbocycles. The number of halogens is 4. The minimum absolute atomic E-state index is 0.0915. The van der Waals surface area contributed by atoms with Crippen LogP contribution in [0, 0.1) is 34.5 Å². The Balaban J connectivity index is 1.51. The van der Waals surface area contributed by atoms with Crippen molar-refractivity contribution in [2.24, 2.45) is 27.8 Å². The van der Waals surface area contributed by atoms with E-state index in [1.165, 1.54) is 5.92 Å². The third kappa shape index (κ3) is 5.00. The zero-order valence-electron chi connectivity index (χ0n) is 24.6. The number of ketones is 1. The molecule has 4 aliphatic carbocycles. The van der Waals surface area contributed by atoms with E-state index in [1.807, 2.05) is 6.92 Å². The predicted molar refractivity (Wildman–Crippen MR) is 156 cm³/mol. The maximum Gasteiger partial charge on any atom is 0.457 e. The molecule has 1 aliphatic heterocycles. The van der Waals surface area contributed by atoms with Crippen LogP contribution in [0.2, 0.25) is 0 Å². The molecule has 6 atom stereocenters. The summed E-state index contributed by atoms with van der Waals surface area (Å²) >= 11 is 0. The van der Waals surface area contributed by atoms with Crippen LogP contribution in [0.5, 0.6) is 0 Å². The monoisotopic (exact) mass is 598 g/mol. The van der Waals surface area contributed by atoms with Gasteiger partial charge < -0.3 is 14.8 Å². The highest BCUT2D eigenvalue weighted by Crippen LogP contribution is 2.70. The molecule has 43 heavy (non-hydrogen) atoms. The Kier molecular flexibility index (Phi) is 7.73. The van der Waals surface area contributed by atoms with Gasteiger partial charge in [-0.15, -0.1) is 0 Å². The smallest absolute Gasteiger partial charge is 0.411 e. The summed E-state index contributed by atoms with van der Waals surface area (Å²) in [5.74, 6) is 3.14. The molecule has 0 radical (unpaired) electrons. The second kappa shape index (κ2) is 11.1. The number of carbonyl (C=O) groups excluding carboxylic acids is 1. The van der Waals surface area contributed by atoms with E-state index >= 15 is 4.39 Å². The van der Waals surface area contributed by atoms with Crippen LogP contribution in [0.15, 0.2) is 52.2 Å². The Hall–Kier alpha value is -3.12. The molecule has 1 N–H and O–H groups in total. The van der Waals surface area contributed by atoms with Gasteiger partial charge in [0.1, 0.15) is 6.17 Å². The maximum absolute atomic E-state index is 16.0. The highest BCUT2D eigenvalue weighted by Gasteiger charge is 2.65. The molecule has 0 amide bonds.